The molecule has 2 aliphatic rings. The number of likely N-dealkylation sites (tertiary alicyclic amines) is 1. The highest BCUT2D eigenvalue weighted by Gasteiger charge is 2.68. The molecule has 0 radical (unpaired) electrons. The lowest BCUT2D eigenvalue weighted by molar-refractivity contribution is -0.192. The molecule has 0 bridgehead atoms. The number of aromatic amines is 1. The normalized spacial score (nSPS) is 22.5. The van der Waals surface area contributed by atoms with Crippen molar-refractivity contribution < 1.29 is 36.2 Å². The van der Waals surface area contributed by atoms with Gasteiger partial charge in [0.1, 0.15) is 0 Å². The molecule has 0 aromatic carbocycles. The van der Waals surface area contributed by atoms with Crippen molar-refractivity contribution in [3.63, 3.8) is 0 Å². The number of carboxylic acid groups (broad SMARTS) is 1. The van der Waals surface area contributed by atoms with Crippen molar-refractivity contribution in [2.75, 3.05) is 13.1 Å². The standard InChI is InChI=1S/C9H12F3N7.C2HF3O2/c10-9(11,12)8(15-16-8)6-2-1-3-19(4-6)5-7-13-17-18-14-7;3-2(4,5)1(6)7/h6H,1-5H2,(H,13,14,17,18);(H,6,7). The number of carboxylic acids is 1. The maximum absolute atomic E-state index is 12.9. The molecule has 0 amide bonds. The van der Waals surface area contributed by atoms with Gasteiger partial charge in [-0.3, -0.25) is 4.90 Å². The highest BCUT2D eigenvalue weighted by molar-refractivity contribution is 5.73. The quantitative estimate of drug-likeness (QED) is 0.761. The van der Waals surface area contributed by atoms with Crippen LogP contribution in [0.25, 0.3) is 0 Å². The highest BCUT2D eigenvalue weighted by atomic mass is 19.4. The van der Waals surface area contributed by atoms with Gasteiger partial charge < -0.3 is 5.11 Å². The fourth-order valence-electron chi connectivity index (χ4n) is 2.54. The van der Waals surface area contributed by atoms with Gasteiger partial charge >= 0.3 is 18.3 Å². The van der Waals surface area contributed by atoms with Crippen LogP contribution in [0.2, 0.25) is 0 Å². The SMILES string of the molecule is FC(F)(F)C1(C2CCCN(Cc3nn[nH]n3)C2)N=N1.O=C(O)C(F)(F)F. The number of alkyl halides is 6. The van der Waals surface area contributed by atoms with Gasteiger partial charge in [0.2, 0.25) is 0 Å². The Labute approximate surface area is 141 Å². The summed E-state index contributed by atoms with van der Waals surface area (Å²) in [6.07, 6.45) is -8.31. The van der Waals surface area contributed by atoms with Crippen molar-refractivity contribution in [1.29, 1.82) is 0 Å². The summed E-state index contributed by atoms with van der Waals surface area (Å²) in [5.74, 6) is -2.90. The number of carbonyl (C=O) groups is 1. The molecule has 1 unspecified atom stereocenters. The van der Waals surface area contributed by atoms with Crippen LogP contribution in [0.3, 0.4) is 0 Å². The molecular weight excluding hydrogens is 376 g/mol. The van der Waals surface area contributed by atoms with Crippen molar-refractivity contribution >= 4 is 5.97 Å². The zero-order valence-corrected chi connectivity index (χ0v) is 12.9. The Hall–Kier alpha value is -2.32. The van der Waals surface area contributed by atoms with Crippen molar-refractivity contribution in [3.05, 3.63) is 5.82 Å². The second-order valence-corrected chi connectivity index (χ2v) is 5.63. The van der Waals surface area contributed by atoms with E-state index in [1.807, 2.05) is 4.90 Å². The molecule has 1 aromatic heterocycles. The molecule has 1 atom stereocenters. The summed E-state index contributed by atoms with van der Waals surface area (Å²) in [7, 11) is 0. The molecule has 0 saturated carbocycles. The lowest BCUT2D eigenvalue weighted by atomic mass is 9.87. The van der Waals surface area contributed by atoms with Gasteiger partial charge in [-0.05, 0) is 19.4 Å². The third kappa shape index (κ3) is 4.64. The number of H-pyrrole nitrogens is 1. The van der Waals surface area contributed by atoms with Crippen molar-refractivity contribution in [3.8, 4) is 0 Å². The first-order chi connectivity index (χ1) is 12.0. The third-order valence-corrected chi connectivity index (χ3v) is 3.80. The van der Waals surface area contributed by atoms with Crippen molar-refractivity contribution in [1.82, 2.24) is 25.5 Å². The van der Waals surface area contributed by atoms with Crippen LogP contribution in [-0.2, 0) is 11.3 Å². The van der Waals surface area contributed by atoms with Crippen LogP contribution in [0, 0.1) is 5.92 Å². The lowest BCUT2D eigenvalue weighted by Crippen LogP contribution is -2.48. The van der Waals surface area contributed by atoms with Gasteiger partial charge in [-0.2, -0.15) is 31.6 Å². The van der Waals surface area contributed by atoms with Gasteiger partial charge in [-0.1, -0.05) is 5.21 Å². The number of halogens is 6. The molecule has 1 aromatic rings. The van der Waals surface area contributed by atoms with Gasteiger partial charge in [-0.25, -0.2) is 4.79 Å². The largest absolute Gasteiger partial charge is 0.490 e. The number of nitrogens with zero attached hydrogens (tertiary/aromatic N) is 6. The van der Waals surface area contributed by atoms with Gasteiger partial charge in [-0.15, -0.1) is 20.4 Å². The molecule has 3 heterocycles. The predicted molar refractivity (Wildman–Crippen MR) is 69.5 cm³/mol. The zero-order chi connectivity index (χ0) is 19.6. The predicted octanol–water partition coefficient (Wildman–Crippen LogP) is 1.77. The Balaban J connectivity index is 0.000000298. The van der Waals surface area contributed by atoms with E-state index in [4.69, 9.17) is 9.90 Å². The minimum atomic E-state index is -5.08. The first-order valence-electron chi connectivity index (χ1n) is 7.21. The smallest absolute Gasteiger partial charge is 0.475 e. The van der Waals surface area contributed by atoms with E-state index in [1.165, 1.54) is 0 Å². The molecule has 146 valence electrons. The average Bonchev–Trinajstić information content (AvgIpc) is 3.20. The fraction of sp³-hybridized carbons (Fsp3) is 0.818. The Morgan fingerprint density at radius 1 is 1.27 bits per heavy atom. The monoisotopic (exact) mass is 389 g/mol. The number of aromatic nitrogens is 4. The summed E-state index contributed by atoms with van der Waals surface area (Å²) in [6.45, 7) is 1.40. The number of rotatable bonds is 3. The Kier molecular flexibility index (Phi) is 5.48. The summed E-state index contributed by atoms with van der Waals surface area (Å²) >= 11 is 0. The number of hydrogen-bond donors (Lipinski definition) is 2. The topological polar surface area (TPSA) is 120 Å². The average molecular weight is 389 g/mol. The molecule has 3 rings (SSSR count). The van der Waals surface area contributed by atoms with Crippen LogP contribution in [0.5, 0.6) is 0 Å². The van der Waals surface area contributed by atoms with Crippen LogP contribution >= 0.6 is 0 Å². The second-order valence-electron chi connectivity index (χ2n) is 5.63. The van der Waals surface area contributed by atoms with E-state index >= 15 is 0 Å². The van der Waals surface area contributed by atoms with Crippen LogP contribution in [0.15, 0.2) is 10.2 Å². The molecule has 0 spiro atoms. The molecule has 2 aliphatic heterocycles. The first-order valence-corrected chi connectivity index (χ1v) is 7.21. The van der Waals surface area contributed by atoms with Crippen molar-refractivity contribution in [2.24, 2.45) is 16.1 Å². The summed E-state index contributed by atoms with van der Waals surface area (Å²) in [5.41, 5.74) is -2.16. The Bertz CT molecular complexity index is 638. The lowest BCUT2D eigenvalue weighted by Gasteiger charge is -2.34. The molecule has 1 saturated heterocycles. The van der Waals surface area contributed by atoms with Gasteiger partial charge in [0, 0.05) is 12.5 Å². The number of tetrazole rings is 1. The van der Waals surface area contributed by atoms with E-state index < -0.39 is 29.9 Å². The van der Waals surface area contributed by atoms with Crippen LogP contribution in [-0.4, -0.2) is 67.7 Å². The van der Waals surface area contributed by atoms with E-state index in [9.17, 15) is 26.3 Å². The number of hydrogen-bond acceptors (Lipinski definition) is 7. The highest BCUT2D eigenvalue weighted by Crippen LogP contribution is 2.51. The summed E-state index contributed by atoms with van der Waals surface area (Å²) < 4.78 is 70.6. The molecule has 1 fully saturated rings. The van der Waals surface area contributed by atoms with Gasteiger partial charge in [0.15, 0.2) is 5.82 Å². The van der Waals surface area contributed by atoms with E-state index in [-0.39, 0.29) is 0 Å². The van der Waals surface area contributed by atoms with Gasteiger partial charge in [0.05, 0.1) is 6.54 Å². The van der Waals surface area contributed by atoms with E-state index in [2.05, 4.69) is 30.9 Å². The van der Waals surface area contributed by atoms with E-state index in [0.717, 1.165) is 6.54 Å². The molecule has 15 heteroatoms. The molecule has 2 N–H and O–H groups in total. The molecule has 0 aliphatic carbocycles. The summed E-state index contributed by atoms with van der Waals surface area (Å²) in [4.78, 5) is 10.8. The molecular formula is C11H13F6N7O2. The van der Waals surface area contributed by atoms with Gasteiger partial charge in [0.25, 0.3) is 5.66 Å². The van der Waals surface area contributed by atoms with Crippen molar-refractivity contribution in [2.45, 2.75) is 37.4 Å². The Morgan fingerprint density at radius 2 is 1.88 bits per heavy atom. The van der Waals surface area contributed by atoms with Crippen LogP contribution in [0.1, 0.15) is 18.7 Å². The van der Waals surface area contributed by atoms with E-state index in [0.29, 0.717) is 31.8 Å². The number of piperidine rings is 1. The Morgan fingerprint density at radius 3 is 2.31 bits per heavy atom. The van der Waals surface area contributed by atoms with Crippen LogP contribution in [0.4, 0.5) is 26.3 Å². The third-order valence-electron chi connectivity index (χ3n) is 3.80. The maximum Gasteiger partial charge on any atom is 0.490 e. The minimum absolute atomic E-state index is 0.293. The summed E-state index contributed by atoms with van der Waals surface area (Å²) in [5, 5.41) is 27.1. The number of aliphatic carboxylic acids is 1. The molecule has 9 nitrogen and oxygen atoms in total. The second kappa shape index (κ2) is 7.13. The number of nitrogens with one attached hydrogen (secondary N) is 1. The van der Waals surface area contributed by atoms with Crippen LogP contribution < -0.4 is 0 Å². The van der Waals surface area contributed by atoms with E-state index in [1.54, 1.807) is 0 Å². The fourth-order valence-corrected chi connectivity index (χ4v) is 2.54. The minimum Gasteiger partial charge on any atom is -0.475 e. The zero-order valence-electron chi connectivity index (χ0n) is 12.9. The molecule has 26 heavy (non-hydrogen) atoms. The maximum atomic E-state index is 12.9. The first kappa shape index (κ1) is 20.0. The summed E-state index contributed by atoms with van der Waals surface area (Å²) in [6, 6.07) is 0.